The Bertz CT molecular complexity index is 335. The standard InChI is InChI=1S/C10H22N6O4/c1-9(19,5-3-7(17)13-11)15-16-10(2,20)6-4-8(18)14-12/h19-20H,3-6,11-12H2,1-2H3,(H,13,17)(H,14,18). The molecule has 0 aliphatic heterocycles. The van der Waals surface area contributed by atoms with E-state index in [0.717, 1.165) is 0 Å². The van der Waals surface area contributed by atoms with Gasteiger partial charge < -0.3 is 10.2 Å². The van der Waals surface area contributed by atoms with E-state index < -0.39 is 23.3 Å². The minimum absolute atomic E-state index is 0.0150. The van der Waals surface area contributed by atoms with Crippen molar-refractivity contribution in [3.63, 3.8) is 0 Å². The van der Waals surface area contributed by atoms with E-state index in [2.05, 4.69) is 10.2 Å². The van der Waals surface area contributed by atoms with Crippen molar-refractivity contribution in [3.8, 4) is 0 Å². The minimum Gasteiger partial charge on any atom is -0.368 e. The quantitative estimate of drug-likeness (QED) is 0.136. The molecular formula is C10H22N6O4. The third-order valence-electron chi connectivity index (χ3n) is 2.45. The predicted octanol–water partition coefficient (Wildman–Crippen LogP) is -1.60. The summed E-state index contributed by atoms with van der Waals surface area (Å²) < 4.78 is 0. The Morgan fingerprint density at radius 1 is 0.950 bits per heavy atom. The lowest BCUT2D eigenvalue weighted by molar-refractivity contribution is -0.123. The summed E-state index contributed by atoms with van der Waals surface area (Å²) in [7, 11) is 0. The molecule has 0 aromatic carbocycles. The normalized spacial score (nSPS) is 17.3. The number of hydrogen-bond donors (Lipinski definition) is 6. The van der Waals surface area contributed by atoms with Crippen LogP contribution in [0.1, 0.15) is 39.5 Å². The molecule has 2 atom stereocenters. The number of hydrazine groups is 2. The Morgan fingerprint density at radius 2 is 1.25 bits per heavy atom. The van der Waals surface area contributed by atoms with Gasteiger partial charge in [0.1, 0.15) is 0 Å². The zero-order chi connectivity index (χ0) is 15.8. The topological polar surface area (TPSA) is 175 Å². The molecule has 0 aromatic heterocycles. The van der Waals surface area contributed by atoms with E-state index >= 15 is 0 Å². The molecule has 8 N–H and O–H groups in total. The number of nitrogens with zero attached hydrogens (tertiary/aromatic N) is 2. The summed E-state index contributed by atoms with van der Waals surface area (Å²) in [5.74, 6) is 8.90. The molecule has 10 nitrogen and oxygen atoms in total. The first-order chi connectivity index (χ1) is 9.12. The predicted molar refractivity (Wildman–Crippen MR) is 69.2 cm³/mol. The van der Waals surface area contributed by atoms with Crippen LogP contribution in [0.5, 0.6) is 0 Å². The average molecular weight is 290 g/mol. The fraction of sp³-hybridized carbons (Fsp3) is 0.800. The first-order valence-corrected chi connectivity index (χ1v) is 5.99. The molecule has 10 heteroatoms. The second kappa shape index (κ2) is 7.85. The molecule has 0 rings (SSSR count). The first kappa shape index (κ1) is 18.4. The summed E-state index contributed by atoms with van der Waals surface area (Å²) in [6, 6.07) is 0. The van der Waals surface area contributed by atoms with Gasteiger partial charge in [0.15, 0.2) is 11.4 Å². The van der Waals surface area contributed by atoms with Crippen LogP contribution in [-0.4, -0.2) is 33.5 Å². The lowest BCUT2D eigenvalue weighted by atomic mass is 10.1. The molecule has 0 spiro atoms. The molecule has 0 fully saturated rings. The van der Waals surface area contributed by atoms with Gasteiger partial charge in [0.25, 0.3) is 0 Å². The van der Waals surface area contributed by atoms with Crippen LogP contribution in [-0.2, 0) is 9.59 Å². The third-order valence-corrected chi connectivity index (χ3v) is 2.45. The number of aliphatic hydroxyl groups is 2. The van der Waals surface area contributed by atoms with Gasteiger partial charge in [0, 0.05) is 25.7 Å². The monoisotopic (exact) mass is 290 g/mol. The Hall–Kier alpha value is -1.62. The highest BCUT2D eigenvalue weighted by atomic mass is 16.3. The van der Waals surface area contributed by atoms with Crippen molar-refractivity contribution >= 4 is 11.8 Å². The van der Waals surface area contributed by atoms with Crippen LogP contribution in [0.15, 0.2) is 10.2 Å². The number of azo groups is 1. The molecule has 0 aliphatic carbocycles. The van der Waals surface area contributed by atoms with Crippen molar-refractivity contribution in [2.45, 2.75) is 51.0 Å². The van der Waals surface area contributed by atoms with Gasteiger partial charge in [-0.2, -0.15) is 10.2 Å². The van der Waals surface area contributed by atoms with Crippen molar-refractivity contribution < 1.29 is 19.8 Å². The summed E-state index contributed by atoms with van der Waals surface area (Å²) >= 11 is 0. The molecule has 0 bridgehead atoms. The third kappa shape index (κ3) is 8.48. The molecule has 20 heavy (non-hydrogen) atoms. The lowest BCUT2D eigenvalue weighted by Crippen LogP contribution is -2.33. The van der Waals surface area contributed by atoms with Crippen molar-refractivity contribution in [3.05, 3.63) is 0 Å². The molecule has 0 saturated heterocycles. The van der Waals surface area contributed by atoms with Crippen molar-refractivity contribution in [2.75, 3.05) is 0 Å². The van der Waals surface area contributed by atoms with E-state index in [1.54, 1.807) is 0 Å². The van der Waals surface area contributed by atoms with Crippen LogP contribution in [0, 0.1) is 0 Å². The van der Waals surface area contributed by atoms with Crippen LogP contribution in [0.4, 0.5) is 0 Å². The summed E-state index contributed by atoms with van der Waals surface area (Å²) in [4.78, 5) is 21.9. The van der Waals surface area contributed by atoms with Gasteiger partial charge in [0.2, 0.25) is 11.8 Å². The van der Waals surface area contributed by atoms with Crippen molar-refractivity contribution in [1.82, 2.24) is 10.9 Å². The van der Waals surface area contributed by atoms with Gasteiger partial charge in [-0.25, -0.2) is 11.7 Å². The van der Waals surface area contributed by atoms with E-state index in [-0.39, 0.29) is 25.7 Å². The molecule has 2 unspecified atom stereocenters. The maximum atomic E-state index is 10.9. The summed E-state index contributed by atoms with van der Waals surface area (Å²) in [5.41, 5.74) is 0.605. The smallest absolute Gasteiger partial charge is 0.234 e. The zero-order valence-corrected chi connectivity index (χ0v) is 11.6. The largest absolute Gasteiger partial charge is 0.368 e. The molecule has 0 heterocycles. The van der Waals surface area contributed by atoms with Crippen LogP contribution in [0.3, 0.4) is 0 Å². The minimum atomic E-state index is -1.62. The maximum absolute atomic E-state index is 10.9. The fourth-order valence-electron chi connectivity index (χ4n) is 1.16. The molecule has 0 aromatic rings. The van der Waals surface area contributed by atoms with Gasteiger partial charge >= 0.3 is 0 Å². The average Bonchev–Trinajstić information content (AvgIpc) is 2.40. The summed E-state index contributed by atoms with van der Waals surface area (Å²) in [6.45, 7) is 2.67. The second-order valence-electron chi connectivity index (χ2n) is 4.77. The van der Waals surface area contributed by atoms with E-state index in [1.807, 2.05) is 10.9 Å². The van der Waals surface area contributed by atoms with Crippen LogP contribution in [0.25, 0.3) is 0 Å². The number of rotatable bonds is 8. The van der Waals surface area contributed by atoms with E-state index in [9.17, 15) is 19.8 Å². The van der Waals surface area contributed by atoms with Crippen molar-refractivity contribution in [1.29, 1.82) is 0 Å². The molecule has 0 saturated carbocycles. The number of carbonyl (C=O) groups excluding carboxylic acids is 2. The fourth-order valence-corrected chi connectivity index (χ4v) is 1.16. The Kier molecular flexibility index (Phi) is 7.21. The van der Waals surface area contributed by atoms with Crippen LogP contribution >= 0.6 is 0 Å². The lowest BCUT2D eigenvalue weighted by Gasteiger charge is -2.21. The van der Waals surface area contributed by atoms with Crippen LogP contribution < -0.4 is 22.5 Å². The van der Waals surface area contributed by atoms with Gasteiger partial charge in [0.05, 0.1) is 0 Å². The summed E-state index contributed by atoms with van der Waals surface area (Å²) in [5, 5.41) is 26.9. The van der Waals surface area contributed by atoms with Gasteiger partial charge in [-0.15, -0.1) is 0 Å². The molecular weight excluding hydrogens is 268 g/mol. The van der Waals surface area contributed by atoms with Gasteiger partial charge in [-0.3, -0.25) is 20.4 Å². The number of carbonyl (C=O) groups is 2. The van der Waals surface area contributed by atoms with E-state index in [0.29, 0.717) is 0 Å². The van der Waals surface area contributed by atoms with Crippen LogP contribution in [0.2, 0.25) is 0 Å². The number of nitrogens with one attached hydrogen (secondary N) is 2. The summed E-state index contributed by atoms with van der Waals surface area (Å²) in [6.07, 6.45) is -0.113. The SMILES string of the molecule is CC(O)(CCC(=O)NN)N=NC(C)(O)CCC(=O)NN. The Labute approximate surface area is 116 Å². The van der Waals surface area contributed by atoms with E-state index in [4.69, 9.17) is 11.7 Å². The zero-order valence-electron chi connectivity index (χ0n) is 11.6. The Balaban J connectivity index is 4.41. The second-order valence-corrected chi connectivity index (χ2v) is 4.77. The van der Waals surface area contributed by atoms with Gasteiger partial charge in [-0.05, 0) is 13.8 Å². The number of hydrogen-bond acceptors (Lipinski definition) is 8. The highest BCUT2D eigenvalue weighted by Crippen LogP contribution is 2.20. The van der Waals surface area contributed by atoms with Gasteiger partial charge in [-0.1, -0.05) is 0 Å². The highest BCUT2D eigenvalue weighted by molar-refractivity contribution is 5.75. The Morgan fingerprint density at radius 3 is 1.50 bits per heavy atom. The highest BCUT2D eigenvalue weighted by Gasteiger charge is 2.25. The molecule has 2 amide bonds. The molecule has 116 valence electrons. The number of nitrogens with two attached hydrogens (primary N) is 2. The maximum Gasteiger partial charge on any atom is 0.234 e. The number of amides is 2. The first-order valence-electron chi connectivity index (χ1n) is 5.99. The van der Waals surface area contributed by atoms with Crippen molar-refractivity contribution in [2.24, 2.45) is 21.9 Å². The van der Waals surface area contributed by atoms with E-state index in [1.165, 1.54) is 13.8 Å². The molecule has 0 aliphatic rings. The molecule has 0 radical (unpaired) electrons.